The molecule has 1 aliphatic heterocycles. The number of nitrogens with zero attached hydrogens (tertiary/aromatic N) is 2. The zero-order valence-corrected chi connectivity index (χ0v) is 12.0. The zero-order valence-electron chi connectivity index (χ0n) is 12.0. The average molecular weight is 285 g/mol. The van der Waals surface area contributed by atoms with Gasteiger partial charge in [-0.2, -0.15) is 5.10 Å². The third-order valence-corrected chi connectivity index (χ3v) is 3.65. The molecule has 1 aromatic heterocycles. The predicted octanol–water partition coefficient (Wildman–Crippen LogP) is 1.72. The number of aryl methyl sites for hydroxylation is 1. The van der Waals surface area contributed by atoms with E-state index < -0.39 is 0 Å². The molecule has 0 aliphatic carbocycles. The lowest BCUT2D eigenvalue weighted by Gasteiger charge is -2.21. The van der Waals surface area contributed by atoms with Crippen LogP contribution in [0, 0.1) is 12.8 Å². The lowest BCUT2D eigenvalue weighted by Crippen LogP contribution is -2.37. The van der Waals surface area contributed by atoms with Crippen LogP contribution >= 0.6 is 0 Å². The molecule has 1 saturated heterocycles. The summed E-state index contributed by atoms with van der Waals surface area (Å²) in [5.41, 5.74) is 1.67. The largest absolute Gasteiger partial charge is 0.326 e. The number of carbonyl (C=O) groups excluding carboxylic acids is 1. The van der Waals surface area contributed by atoms with Gasteiger partial charge in [0.1, 0.15) is 5.82 Å². The number of nitrogens with one attached hydrogen (secondary N) is 3. The number of hydrogen-bond acceptors (Lipinski definition) is 4. The summed E-state index contributed by atoms with van der Waals surface area (Å²) in [4.78, 5) is 16.5. The quantitative estimate of drug-likeness (QED) is 0.802. The lowest BCUT2D eigenvalue weighted by molar-refractivity contribution is -0.120. The highest BCUT2D eigenvalue weighted by Gasteiger charge is 2.20. The maximum atomic E-state index is 12.2. The van der Waals surface area contributed by atoms with Crippen molar-refractivity contribution in [3.8, 4) is 11.4 Å². The predicted molar refractivity (Wildman–Crippen MR) is 80.8 cm³/mol. The van der Waals surface area contributed by atoms with Crippen molar-refractivity contribution in [1.82, 2.24) is 20.5 Å². The molecule has 1 aliphatic rings. The number of anilines is 1. The zero-order chi connectivity index (χ0) is 14.7. The molecule has 110 valence electrons. The van der Waals surface area contributed by atoms with Gasteiger partial charge in [0.2, 0.25) is 5.91 Å². The first-order valence-corrected chi connectivity index (χ1v) is 7.23. The van der Waals surface area contributed by atoms with Gasteiger partial charge in [-0.3, -0.25) is 9.89 Å². The Balaban J connectivity index is 1.72. The summed E-state index contributed by atoms with van der Waals surface area (Å²) in [5, 5.41) is 13.2. The van der Waals surface area contributed by atoms with Crippen LogP contribution in [0.4, 0.5) is 5.69 Å². The average Bonchev–Trinajstić information content (AvgIpc) is 2.95. The number of amides is 1. The molecule has 1 aromatic carbocycles. The highest BCUT2D eigenvalue weighted by molar-refractivity contribution is 5.93. The van der Waals surface area contributed by atoms with Crippen molar-refractivity contribution < 1.29 is 4.79 Å². The van der Waals surface area contributed by atoms with Crippen molar-refractivity contribution in [3.05, 3.63) is 30.1 Å². The molecule has 0 spiro atoms. The van der Waals surface area contributed by atoms with Crippen LogP contribution in [0.25, 0.3) is 11.4 Å². The second-order valence-corrected chi connectivity index (χ2v) is 5.36. The molecule has 0 unspecified atom stereocenters. The second kappa shape index (κ2) is 6.05. The van der Waals surface area contributed by atoms with E-state index >= 15 is 0 Å². The number of piperidine rings is 1. The fraction of sp³-hybridized carbons (Fsp3) is 0.400. The first-order chi connectivity index (χ1) is 10.2. The van der Waals surface area contributed by atoms with Gasteiger partial charge in [-0.15, -0.1) is 0 Å². The van der Waals surface area contributed by atoms with Gasteiger partial charge in [0, 0.05) is 17.8 Å². The number of aromatic amines is 1. The first kappa shape index (κ1) is 13.8. The van der Waals surface area contributed by atoms with Crippen LogP contribution in [0.15, 0.2) is 24.3 Å². The van der Waals surface area contributed by atoms with Crippen molar-refractivity contribution in [2.45, 2.75) is 19.8 Å². The summed E-state index contributed by atoms with van der Waals surface area (Å²) in [7, 11) is 0. The Kier molecular flexibility index (Phi) is 3.96. The highest BCUT2D eigenvalue weighted by Crippen LogP contribution is 2.20. The summed E-state index contributed by atoms with van der Waals surface area (Å²) < 4.78 is 0. The number of hydrogen-bond donors (Lipinski definition) is 3. The fourth-order valence-corrected chi connectivity index (χ4v) is 2.53. The van der Waals surface area contributed by atoms with Crippen LogP contribution in [0.2, 0.25) is 0 Å². The first-order valence-electron chi connectivity index (χ1n) is 7.23. The summed E-state index contributed by atoms with van der Waals surface area (Å²) in [5.74, 6) is 1.54. The summed E-state index contributed by atoms with van der Waals surface area (Å²) in [6.45, 7) is 3.62. The van der Waals surface area contributed by atoms with Crippen LogP contribution < -0.4 is 10.6 Å². The van der Waals surface area contributed by atoms with Crippen LogP contribution in [-0.4, -0.2) is 34.2 Å². The van der Waals surface area contributed by atoms with Gasteiger partial charge in [-0.1, -0.05) is 12.1 Å². The molecule has 0 bridgehead atoms. The van der Waals surface area contributed by atoms with Gasteiger partial charge in [0.25, 0.3) is 0 Å². The van der Waals surface area contributed by atoms with E-state index in [1.54, 1.807) is 0 Å². The minimum Gasteiger partial charge on any atom is -0.326 e. The summed E-state index contributed by atoms with van der Waals surface area (Å²) in [6, 6.07) is 7.62. The Labute approximate surface area is 123 Å². The molecule has 6 nitrogen and oxygen atoms in total. The Hall–Kier alpha value is -2.21. The fourth-order valence-electron chi connectivity index (χ4n) is 2.53. The molecule has 0 radical (unpaired) electrons. The molecule has 1 atom stereocenters. The van der Waals surface area contributed by atoms with E-state index in [0.717, 1.165) is 43.0 Å². The van der Waals surface area contributed by atoms with Gasteiger partial charge in [0.05, 0.1) is 5.92 Å². The monoisotopic (exact) mass is 285 g/mol. The Morgan fingerprint density at radius 2 is 2.33 bits per heavy atom. The van der Waals surface area contributed by atoms with Crippen molar-refractivity contribution in [3.63, 3.8) is 0 Å². The van der Waals surface area contributed by atoms with Crippen molar-refractivity contribution in [2.75, 3.05) is 18.4 Å². The van der Waals surface area contributed by atoms with Gasteiger partial charge in [0.15, 0.2) is 5.82 Å². The van der Waals surface area contributed by atoms with Crippen LogP contribution in [0.1, 0.15) is 18.7 Å². The smallest absolute Gasteiger partial charge is 0.228 e. The van der Waals surface area contributed by atoms with E-state index in [4.69, 9.17) is 0 Å². The number of rotatable bonds is 3. The minimum absolute atomic E-state index is 0.0492. The third kappa shape index (κ3) is 3.28. The molecule has 6 heteroatoms. The summed E-state index contributed by atoms with van der Waals surface area (Å²) >= 11 is 0. The highest BCUT2D eigenvalue weighted by atomic mass is 16.1. The molecule has 0 saturated carbocycles. The minimum atomic E-state index is 0.0492. The topological polar surface area (TPSA) is 82.7 Å². The Bertz CT molecular complexity index is 630. The molecule has 3 N–H and O–H groups in total. The molecule has 1 amide bonds. The summed E-state index contributed by atoms with van der Waals surface area (Å²) in [6.07, 6.45) is 1.99. The second-order valence-electron chi connectivity index (χ2n) is 5.36. The standard InChI is InChI=1S/C15H19N5O/c1-10-17-14(20-19-10)11-4-2-6-13(8-11)18-15(21)12-5-3-7-16-9-12/h2,4,6,8,12,16H,3,5,7,9H2,1H3,(H,18,21)(H,17,19,20)/t12-/m1/s1. The van der Waals surface area contributed by atoms with E-state index in [1.807, 2.05) is 31.2 Å². The molecular formula is C15H19N5O. The van der Waals surface area contributed by atoms with E-state index in [9.17, 15) is 4.79 Å². The number of aromatic nitrogens is 3. The third-order valence-electron chi connectivity index (χ3n) is 3.65. The van der Waals surface area contributed by atoms with E-state index in [-0.39, 0.29) is 11.8 Å². The van der Waals surface area contributed by atoms with Crippen molar-refractivity contribution >= 4 is 11.6 Å². The normalized spacial score (nSPS) is 18.4. The van der Waals surface area contributed by atoms with Crippen molar-refractivity contribution in [1.29, 1.82) is 0 Å². The Morgan fingerprint density at radius 3 is 3.05 bits per heavy atom. The molecule has 1 fully saturated rings. The Morgan fingerprint density at radius 1 is 1.43 bits per heavy atom. The van der Waals surface area contributed by atoms with Gasteiger partial charge in [-0.05, 0) is 38.4 Å². The van der Waals surface area contributed by atoms with E-state index in [1.165, 1.54) is 0 Å². The van der Waals surface area contributed by atoms with E-state index in [0.29, 0.717) is 5.82 Å². The number of carbonyl (C=O) groups is 1. The molecule has 3 rings (SSSR count). The van der Waals surface area contributed by atoms with Gasteiger partial charge in [-0.25, -0.2) is 4.98 Å². The number of H-pyrrole nitrogens is 1. The van der Waals surface area contributed by atoms with Crippen LogP contribution in [-0.2, 0) is 4.79 Å². The molecule has 2 heterocycles. The van der Waals surface area contributed by atoms with Crippen molar-refractivity contribution in [2.24, 2.45) is 5.92 Å². The maximum Gasteiger partial charge on any atom is 0.228 e. The SMILES string of the molecule is Cc1nc(-c2cccc(NC(=O)[C@@H]3CCCNC3)c2)n[nH]1. The van der Waals surface area contributed by atoms with Crippen LogP contribution in [0.3, 0.4) is 0 Å². The molecule has 2 aromatic rings. The van der Waals surface area contributed by atoms with Gasteiger partial charge < -0.3 is 10.6 Å². The lowest BCUT2D eigenvalue weighted by atomic mass is 9.99. The maximum absolute atomic E-state index is 12.2. The van der Waals surface area contributed by atoms with Crippen LogP contribution in [0.5, 0.6) is 0 Å². The van der Waals surface area contributed by atoms with Gasteiger partial charge >= 0.3 is 0 Å². The number of benzene rings is 1. The molecule has 21 heavy (non-hydrogen) atoms. The molecular weight excluding hydrogens is 266 g/mol. The van der Waals surface area contributed by atoms with E-state index in [2.05, 4.69) is 25.8 Å².